The highest BCUT2D eigenvalue weighted by molar-refractivity contribution is 6.02. The molecule has 1 aliphatic heterocycles. The van der Waals surface area contributed by atoms with Crippen molar-refractivity contribution in [3.63, 3.8) is 0 Å². The monoisotopic (exact) mass is 361 g/mol. The summed E-state index contributed by atoms with van der Waals surface area (Å²) in [6.45, 7) is 3.63. The van der Waals surface area contributed by atoms with Crippen LogP contribution < -0.4 is 10.6 Å². The van der Waals surface area contributed by atoms with Gasteiger partial charge in [0.1, 0.15) is 0 Å². The minimum atomic E-state index is 0. The van der Waals surface area contributed by atoms with Crippen molar-refractivity contribution in [2.24, 2.45) is 5.92 Å². The van der Waals surface area contributed by atoms with Crippen LogP contribution in [-0.2, 0) is 4.79 Å². The van der Waals surface area contributed by atoms with Gasteiger partial charge in [0.2, 0.25) is 5.91 Å². The molecular formula is C20H28ClN3O. The summed E-state index contributed by atoms with van der Waals surface area (Å²) in [6.07, 6.45) is 3.64. The average Bonchev–Trinajstić information content (AvgIpc) is 2.61. The standard InChI is InChI=1S/C20H27N3O.ClH/c1-21-12-9-16-10-13-23(14-11-16)15-20(24)22-19-8-4-6-17-5-2-3-7-18(17)19;/h2-8,16,21H,9-15H2,1H3,(H,22,24);1H. The maximum absolute atomic E-state index is 12.4. The molecule has 0 spiro atoms. The molecule has 1 fully saturated rings. The van der Waals surface area contributed by atoms with Gasteiger partial charge in [-0.3, -0.25) is 9.69 Å². The fourth-order valence-electron chi connectivity index (χ4n) is 3.51. The van der Waals surface area contributed by atoms with Gasteiger partial charge < -0.3 is 10.6 Å². The van der Waals surface area contributed by atoms with Gasteiger partial charge in [-0.15, -0.1) is 12.4 Å². The Balaban J connectivity index is 0.00000225. The summed E-state index contributed by atoms with van der Waals surface area (Å²) in [5.74, 6) is 0.884. The summed E-state index contributed by atoms with van der Waals surface area (Å²) < 4.78 is 0. The van der Waals surface area contributed by atoms with Crippen molar-refractivity contribution >= 4 is 34.8 Å². The van der Waals surface area contributed by atoms with E-state index in [0.29, 0.717) is 6.54 Å². The van der Waals surface area contributed by atoms with E-state index < -0.39 is 0 Å². The minimum absolute atomic E-state index is 0. The largest absolute Gasteiger partial charge is 0.324 e. The Labute approximate surface area is 156 Å². The molecule has 1 aliphatic rings. The van der Waals surface area contributed by atoms with Gasteiger partial charge in [-0.1, -0.05) is 36.4 Å². The summed E-state index contributed by atoms with van der Waals surface area (Å²) in [6, 6.07) is 14.2. The highest BCUT2D eigenvalue weighted by Gasteiger charge is 2.20. The summed E-state index contributed by atoms with van der Waals surface area (Å²) in [4.78, 5) is 14.7. The SMILES string of the molecule is CNCCC1CCN(CC(=O)Nc2cccc3ccccc23)CC1.Cl. The second-order valence-corrected chi connectivity index (χ2v) is 6.69. The van der Waals surface area contributed by atoms with E-state index in [1.54, 1.807) is 0 Å². The van der Waals surface area contributed by atoms with Gasteiger partial charge in [0.25, 0.3) is 0 Å². The second-order valence-electron chi connectivity index (χ2n) is 6.69. The third-order valence-corrected chi connectivity index (χ3v) is 4.94. The van der Waals surface area contributed by atoms with Gasteiger partial charge in [0.15, 0.2) is 0 Å². The number of piperidine rings is 1. The Hall–Kier alpha value is -1.62. The van der Waals surface area contributed by atoms with Crippen LogP contribution in [0.3, 0.4) is 0 Å². The molecule has 136 valence electrons. The zero-order valence-corrected chi connectivity index (χ0v) is 15.6. The normalized spacial score (nSPS) is 15.7. The molecule has 0 radical (unpaired) electrons. The number of anilines is 1. The molecule has 5 heteroatoms. The zero-order chi connectivity index (χ0) is 16.8. The third kappa shape index (κ3) is 5.43. The summed E-state index contributed by atoms with van der Waals surface area (Å²) >= 11 is 0. The van der Waals surface area contributed by atoms with Crippen molar-refractivity contribution in [2.75, 3.05) is 38.5 Å². The van der Waals surface area contributed by atoms with E-state index in [9.17, 15) is 4.79 Å². The van der Waals surface area contributed by atoms with E-state index in [1.165, 1.54) is 19.3 Å². The molecule has 2 N–H and O–H groups in total. The molecule has 4 nitrogen and oxygen atoms in total. The molecule has 0 aromatic heterocycles. The van der Waals surface area contributed by atoms with Gasteiger partial charge in [-0.05, 0) is 63.3 Å². The topological polar surface area (TPSA) is 44.4 Å². The molecule has 0 atom stereocenters. The number of benzene rings is 2. The fourth-order valence-corrected chi connectivity index (χ4v) is 3.51. The van der Waals surface area contributed by atoms with Crippen molar-refractivity contribution in [1.29, 1.82) is 0 Å². The molecular weight excluding hydrogens is 334 g/mol. The number of halogens is 1. The van der Waals surface area contributed by atoms with Crippen molar-refractivity contribution in [2.45, 2.75) is 19.3 Å². The smallest absolute Gasteiger partial charge is 0.238 e. The van der Waals surface area contributed by atoms with E-state index >= 15 is 0 Å². The molecule has 1 saturated heterocycles. The number of nitrogens with one attached hydrogen (secondary N) is 2. The summed E-state index contributed by atoms with van der Waals surface area (Å²) in [5.41, 5.74) is 0.905. The van der Waals surface area contributed by atoms with Crippen LogP contribution in [0.25, 0.3) is 10.8 Å². The van der Waals surface area contributed by atoms with Gasteiger partial charge in [0.05, 0.1) is 6.54 Å². The van der Waals surface area contributed by atoms with E-state index in [-0.39, 0.29) is 18.3 Å². The van der Waals surface area contributed by atoms with Crippen LogP contribution in [0.5, 0.6) is 0 Å². The Kier molecular flexibility index (Phi) is 7.69. The first-order chi connectivity index (χ1) is 11.8. The molecule has 0 saturated carbocycles. The highest BCUT2D eigenvalue weighted by Crippen LogP contribution is 2.23. The van der Waals surface area contributed by atoms with E-state index in [4.69, 9.17) is 0 Å². The van der Waals surface area contributed by atoms with Crippen molar-refractivity contribution in [3.05, 3.63) is 42.5 Å². The fraction of sp³-hybridized carbons (Fsp3) is 0.450. The van der Waals surface area contributed by atoms with Gasteiger partial charge in [-0.2, -0.15) is 0 Å². The first kappa shape index (κ1) is 19.7. The quantitative estimate of drug-likeness (QED) is 0.827. The highest BCUT2D eigenvalue weighted by atomic mass is 35.5. The van der Waals surface area contributed by atoms with E-state index in [1.807, 2.05) is 31.3 Å². The number of rotatable bonds is 6. The molecule has 2 aromatic carbocycles. The molecule has 0 bridgehead atoms. The lowest BCUT2D eigenvalue weighted by Crippen LogP contribution is -2.39. The van der Waals surface area contributed by atoms with E-state index in [0.717, 1.165) is 42.0 Å². The van der Waals surface area contributed by atoms with Crippen molar-refractivity contribution < 1.29 is 4.79 Å². The molecule has 1 heterocycles. The third-order valence-electron chi connectivity index (χ3n) is 4.94. The van der Waals surface area contributed by atoms with E-state index in [2.05, 4.69) is 33.7 Å². The van der Waals surface area contributed by atoms with Crippen LogP contribution in [0.4, 0.5) is 5.69 Å². The maximum Gasteiger partial charge on any atom is 0.238 e. The first-order valence-corrected chi connectivity index (χ1v) is 8.91. The summed E-state index contributed by atoms with van der Waals surface area (Å²) in [5, 5.41) is 8.56. The van der Waals surface area contributed by atoms with Crippen LogP contribution in [0.2, 0.25) is 0 Å². The molecule has 1 amide bonds. The number of nitrogens with zero attached hydrogens (tertiary/aromatic N) is 1. The van der Waals surface area contributed by atoms with Crippen LogP contribution in [0, 0.1) is 5.92 Å². The predicted molar refractivity (Wildman–Crippen MR) is 108 cm³/mol. The summed E-state index contributed by atoms with van der Waals surface area (Å²) in [7, 11) is 2.01. The molecule has 25 heavy (non-hydrogen) atoms. The molecule has 3 rings (SSSR count). The number of fused-ring (bicyclic) bond motifs is 1. The first-order valence-electron chi connectivity index (χ1n) is 8.91. The van der Waals surface area contributed by atoms with Crippen LogP contribution in [-0.4, -0.2) is 44.0 Å². The molecule has 0 aliphatic carbocycles. The molecule has 2 aromatic rings. The van der Waals surface area contributed by atoms with Gasteiger partial charge in [0, 0.05) is 11.1 Å². The maximum atomic E-state index is 12.4. The number of amides is 1. The van der Waals surface area contributed by atoms with Crippen molar-refractivity contribution in [1.82, 2.24) is 10.2 Å². The lowest BCUT2D eigenvalue weighted by molar-refractivity contribution is -0.117. The van der Waals surface area contributed by atoms with Gasteiger partial charge >= 0.3 is 0 Å². The average molecular weight is 362 g/mol. The lowest BCUT2D eigenvalue weighted by Gasteiger charge is -2.31. The number of carbonyl (C=O) groups is 1. The van der Waals surface area contributed by atoms with Crippen LogP contribution in [0.15, 0.2) is 42.5 Å². The second kappa shape index (κ2) is 9.76. The lowest BCUT2D eigenvalue weighted by atomic mass is 9.93. The Morgan fingerprint density at radius 2 is 1.84 bits per heavy atom. The number of carbonyl (C=O) groups excluding carboxylic acids is 1. The van der Waals surface area contributed by atoms with Gasteiger partial charge in [-0.25, -0.2) is 0 Å². The van der Waals surface area contributed by atoms with Crippen LogP contribution in [0.1, 0.15) is 19.3 Å². The van der Waals surface area contributed by atoms with Crippen molar-refractivity contribution in [3.8, 4) is 0 Å². The Morgan fingerprint density at radius 1 is 1.12 bits per heavy atom. The van der Waals surface area contributed by atoms with Crippen LogP contribution >= 0.6 is 12.4 Å². The zero-order valence-electron chi connectivity index (χ0n) is 14.8. The Morgan fingerprint density at radius 3 is 2.60 bits per heavy atom. The Bertz CT molecular complexity index is 678. The number of hydrogen-bond acceptors (Lipinski definition) is 3. The number of hydrogen-bond donors (Lipinski definition) is 2. The number of likely N-dealkylation sites (tertiary alicyclic amines) is 1. The minimum Gasteiger partial charge on any atom is -0.324 e. The predicted octanol–water partition coefficient (Wildman–Crippen LogP) is 3.52. The molecule has 0 unspecified atom stereocenters.